The number of nitrogens with zero attached hydrogens (tertiary/aromatic N) is 2. The summed E-state index contributed by atoms with van der Waals surface area (Å²) in [7, 11) is 0. The summed E-state index contributed by atoms with van der Waals surface area (Å²) in [5.74, 6) is 0. The molecule has 0 aliphatic heterocycles. The summed E-state index contributed by atoms with van der Waals surface area (Å²) in [6, 6.07) is 33.6. The molecule has 0 fully saturated rings. The third-order valence-electron chi connectivity index (χ3n) is 6.86. The van der Waals surface area contributed by atoms with Crippen LogP contribution in [0.3, 0.4) is 0 Å². The highest BCUT2D eigenvalue weighted by molar-refractivity contribution is 7.25. The van der Waals surface area contributed by atoms with Crippen LogP contribution in [0.5, 0.6) is 0 Å². The lowest BCUT2D eigenvalue weighted by atomic mass is 9.96. The predicted octanol–water partition coefficient (Wildman–Crippen LogP) is 9.10. The van der Waals surface area contributed by atoms with Crippen molar-refractivity contribution < 1.29 is 0 Å². The second kappa shape index (κ2) is 11.3. The minimum Gasteiger partial charge on any atom is -0.404 e. The second-order valence-corrected chi connectivity index (χ2v) is 10.7. The molecule has 0 aliphatic carbocycles. The van der Waals surface area contributed by atoms with Crippen molar-refractivity contribution in [2.24, 2.45) is 5.73 Å². The SMILES string of the molecule is C/C(C#N)=C\C(=C/N)c1cccc(-c2ccc3sc4ccc(-c5cccc(/C(C)=C/C(=N)C#N)c5)cc4c3c2)c1. The molecule has 0 spiro atoms. The van der Waals surface area contributed by atoms with Crippen molar-refractivity contribution in [1.29, 1.82) is 15.9 Å². The number of thiophene rings is 1. The highest BCUT2D eigenvalue weighted by Gasteiger charge is 2.11. The maximum absolute atomic E-state index is 9.19. The van der Waals surface area contributed by atoms with Gasteiger partial charge in [0.05, 0.1) is 6.07 Å². The van der Waals surface area contributed by atoms with E-state index in [1.54, 1.807) is 30.4 Å². The Labute approximate surface area is 237 Å². The van der Waals surface area contributed by atoms with Gasteiger partial charge >= 0.3 is 0 Å². The Morgan fingerprint density at radius 3 is 1.82 bits per heavy atom. The van der Waals surface area contributed by atoms with Gasteiger partial charge in [-0.3, -0.25) is 5.41 Å². The van der Waals surface area contributed by atoms with Crippen molar-refractivity contribution in [2.45, 2.75) is 13.8 Å². The molecule has 0 aliphatic rings. The van der Waals surface area contributed by atoms with E-state index in [1.807, 2.05) is 37.3 Å². The van der Waals surface area contributed by atoms with E-state index in [0.717, 1.165) is 44.5 Å². The number of nitriles is 2. The molecule has 4 nitrogen and oxygen atoms in total. The van der Waals surface area contributed by atoms with E-state index >= 15 is 0 Å². The van der Waals surface area contributed by atoms with Crippen LogP contribution < -0.4 is 5.73 Å². The maximum atomic E-state index is 9.19. The van der Waals surface area contributed by atoms with Crippen molar-refractivity contribution in [3.63, 3.8) is 0 Å². The standard InChI is InChI=1S/C35H26N4S/c1-22(19-36)13-30(20-37)27-8-4-7-26(16-27)29-10-12-35-33(18-29)32-17-28(9-11-34(32)40-35)25-6-3-5-24(15-25)23(2)14-31(39)21-38/h3-18,20,39H,37H2,1-2H3/b22-13+,23-14+,30-20+,39-31?. The monoisotopic (exact) mass is 534 g/mol. The first-order chi connectivity index (χ1) is 19.4. The van der Waals surface area contributed by atoms with E-state index < -0.39 is 0 Å². The van der Waals surface area contributed by atoms with E-state index in [2.05, 4.69) is 66.7 Å². The Bertz CT molecular complexity index is 1970. The van der Waals surface area contributed by atoms with Gasteiger partial charge in [-0.05, 0) is 107 Å². The molecule has 5 aromatic rings. The Balaban J connectivity index is 1.57. The summed E-state index contributed by atoms with van der Waals surface area (Å²) >= 11 is 1.78. The fraction of sp³-hybridized carbons (Fsp3) is 0.0571. The number of nitrogens with two attached hydrogens (primary N) is 1. The fourth-order valence-electron chi connectivity index (χ4n) is 4.78. The molecule has 0 radical (unpaired) electrons. The summed E-state index contributed by atoms with van der Waals surface area (Å²) in [5.41, 5.74) is 14.5. The van der Waals surface area contributed by atoms with Crippen LogP contribution in [0, 0.1) is 28.1 Å². The second-order valence-electron chi connectivity index (χ2n) is 9.60. The smallest absolute Gasteiger partial charge is 0.132 e. The number of nitrogens with one attached hydrogen (secondary N) is 1. The van der Waals surface area contributed by atoms with Crippen LogP contribution >= 0.6 is 11.3 Å². The average molecular weight is 535 g/mol. The molecule has 0 unspecified atom stereocenters. The summed E-state index contributed by atoms with van der Waals surface area (Å²) in [6.45, 7) is 3.69. The lowest BCUT2D eigenvalue weighted by Gasteiger charge is -2.08. The molecule has 0 saturated heterocycles. The summed E-state index contributed by atoms with van der Waals surface area (Å²) < 4.78 is 2.45. The molecule has 1 heterocycles. The highest BCUT2D eigenvalue weighted by Crippen LogP contribution is 2.39. The largest absolute Gasteiger partial charge is 0.404 e. The van der Waals surface area contributed by atoms with Crippen molar-refractivity contribution >= 4 is 48.4 Å². The minimum atomic E-state index is -0.0561. The van der Waals surface area contributed by atoms with Gasteiger partial charge < -0.3 is 5.73 Å². The van der Waals surface area contributed by atoms with Gasteiger partial charge in [0, 0.05) is 31.9 Å². The van der Waals surface area contributed by atoms with Gasteiger partial charge in [-0.25, -0.2) is 0 Å². The molecule has 0 bridgehead atoms. The summed E-state index contributed by atoms with van der Waals surface area (Å²) in [6.07, 6.45) is 4.94. The predicted molar refractivity (Wildman–Crippen MR) is 169 cm³/mol. The zero-order valence-electron chi connectivity index (χ0n) is 22.2. The highest BCUT2D eigenvalue weighted by atomic mass is 32.1. The minimum absolute atomic E-state index is 0.0561. The normalized spacial score (nSPS) is 12.3. The van der Waals surface area contributed by atoms with Gasteiger partial charge in [0.25, 0.3) is 0 Å². The summed E-state index contributed by atoms with van der Waals surface area (Å²) in [5, 5.41) is 28.3. The van der Waals surface area contributed by atoms with Crippen molar-refractivity contribution in [2.75, 3.05) is 0 Å². The van der Waals surface area contributed by atoms with Crippen LogP contribution in [-0.4, -0.2) is 5.71 Å². The van der Waals surface area contributed by atoms with Gasteiger partial charge in [-0.2, -0.15) is 10.5 Å². The van der Waals surface area contributed by atoms with Gasteiger partial charge in [0.2, 0.25) is 0 Å². The fourth-order valence-corrected chi connectivity index (χ4v) is 5.85. The first kappa shape index (κ1) is 26.4. The number of fused-ring (bicyclic) bond motifs is 3. The number of rotatable bonds is 6. The van der Waals surface area contributed by atoms with Crippen LogP contribution in [-0.2, 0) is 0 Å². The molecular formula is C35H26N4S. The zero-order chi connectivity index (χ0) is 28.2. The van der Waals surface area contributed by atoms with Crippen LogP contribution in [0.1, 0.15) is 25.0 Å². The average Bonchev–Trinajstić information content (AvgIpc) is 3.36. The molecule has 0 amide bonds. The van der Waals surface area contributed by atoms with Gasteiger partial charge in [0.1, 0.15) is 11.8 Å². The number of allylic oxidation sites excluding steroid dienone is 5. The molecule has 192 valence electrons. The van der Waals surface area contributed by atoms with E-state index in [4.69, 9.17) is 16.4 Å². The van der Waals surface area contributed by atoms with Gasteiger partial charge in [-0.15, -0.1) is 11.3 Å². The Kier molecular flexibility index (Phi) is 7.42. The summed E-state index contributed by atoms with van der Waals surface area (Å²) in [4.78, 5) is 0. The van der Waals surface area contributed by atoms with Crippen molar-refractivity contribution in [3.8, 4) is 34.4 Å². The van der Waals surface area contributed by atoms with E-state index in [9.17, 15) is 5.26 Å². The molecule has 1 aromatic heterocycles. The Hall–Kier alpha value is -5.23. The first-order valence-electron chi connectivity index (χ1n) is 12.8. The lowest BCUT2D eigenvalue weighted by molar-refractivity contribution is 1.44. The van der Waals surface area contributed by atoms with Crippen LogP contribution in [0.15, 0.2) is 109 Å². The van der Waals surface area contributed by atoms with Crippen LogP contribution in [0.25, 0.3) is 53.6 Å². The van der Waals surface area contributed by atoms with Gasteiger partial charge in [-0.1, -0.05) is 48.5 Å². The van der Waals surface area contributed by atoms with E-state index in [0.29, 0.717) is 5.57 Å². The number of hydrogen-bond acceptors (Lipinski definition) is 5. The Morgan fingerprint density at radius 1 is 0.725 bits per heavy atom. The molecule has 40 heavy (non-hydrogen) atoms. The lowest BCUT2D eigenvalue weighted by Crippen LogP contribution is -1.89. The number of benzene rings is 4. The third-order valence-corrected chi connectivity index (χ3v) is 8.01. The van der Waals surface area contributed by atoms with Crippen LogP contribution in [0.4, 0.5) is 0 Å². The molecule has 3 N–H and O–H groups in total. The van der Waals surface area contributed by atoms with Crippen LogP contribution in [0.2, 0.25) is 0 Å². The quantitative estimate of drug-likeness (QED) is 0.129. The molecule has 0 atom stereocenters. The number of hydrogen-bond donors (Lipinski definition) is 2. The van der Waals surface area contributed by atoms with Crippen molar-refractivity contribution in [1.82, 2.24) is 0 Å². The topological polar surface area (TPSA) is 97.4 Å². The molecule has 4 aromatic carbocycles. The maximum Gasteiger partial charge on any atom is 0.132 e. The zero-order valence-corrected chi connectivity index (χ0v) is 23.0. The first-order valence-corrected chi connectivity index (χ1v) is 13.6. The third kappa shape index (κ3) is 5.33. The van der Waals surface area contributed by atoms with E-state index in [1.165, 1.54) is 26.4 Å². The van der Waals surface area contributed by atoms with Crippen molar-refractivity contribution in [3.05, 3.63) is 120 Å². The van der Waals surface area contributed by atoms with E-state index in [-0.39, 0.29) is 5.71 Å². The molecule has 0 saturated carbocycles. The van der Waals surface area contributed by atoms with Gasteiger partial charge in [0.15, 0.2) is 0 Å². The Morgan fingerprint density at radius 2 is 1.27 bits per heavy atom. The molecular weight excluding hydrogens is 508 g/mol. The molecule has 5 heteroatoms. The molecule has 5 rings (SSSR count).